The molecule has 0 spiro atoms. The van der Waals surface area contributed by atoms with E-state index >= 15 is 0 Å². The van der Waals surface area contributed by atoms with Crippen LogP contribution in [0, 0.1) is 0 Å². The second kappa shape index (κ2) is 6.95. The molecule has 0 saturated heterocycles. The van der Waals surface area contributed by atoms with Crippen molar-refractivity contribution < 1.29 is 18.6 Å². The molecule has 0 amide bonds. The number of benzene rings is 2. The molecule has 1 unspecified atom stereocenters. The Kier molecular flexibility index (Phi) is 5.22. The second-order valence-corrected chi connectivity index (χ2v) is 7.15. The van der Waals surface area contributed by atoms with E-state index in [-0.39, 0.29) is 6.61 Å². The fourth-order valence-corrected chi connectivity index (χ4v) is 3.56. The molecule has 0 bridgehead atoms. The normalized spacial score (nSPS) is 15.0. The Labute approximate surface area is 130 Å². The Morgan fingerprint density at radius 3 is 2.64 bits per heavy atom. The largest absolute Gasteiger partial charge is 0.465 e. The first-order valence-electron chi connectivity index (χ1n) is 7.12. The van der Waals surface area contributed by atoms with E-state index in [1.54, 1.807) is 19.9 Å². The van der Waals surface area contributed by atoms with Crippen molar-refractivity contribution in [2.75, 3.05) is 13.3 Å². The SMILES string of the molecule is CCOC(=O)[C@H](C)NP(C)(=O)Oc1cccc2ccccc12. The van der Waals surface area contributed by atoms with Crippen molar-refractivity contribution in [2.45, 2.75) is 19.9 Å². The van der Waals surface area contributed by atoms with Crippen LogP contribution in [0.2, 0.25) is 0 Å². The van der Waals surface area contributed by atoms with E-state index in [0.29, 0.717) is 5.75 Å². The zero-order chi connectivity index (χ0) is 16.2. The molecule has 0 aliphatic heterocycles. The lowest BCUT2D eigenvalue weighted by Gasteiger charge is -2.20. The summed E-state index contributed by atoms with van der Waals surface area (Å²) in [5.74, 6) is 0.0681. The Bertz CT molecular complexity index is 711. The highest BCUT2D eigenvalue weighted by Crippen LogP contribution is 2.42. The van der Waals surface area contributed by atoms with Crippen molar-refractivity contribution in [3.63, 3.8) is 0 Å². The molecule has 0 saturated carbocycles. The van der Waals surface area contributed by atoms with E-state index in [1.165, 1.54) is 6.66 Å². The molecular weight excluding hydrogens is 301 g/mol. The number of nitrogens with one attached hydrogen (secondary N) is 1. The van der Waals surface area contributed by atoms with Gasteiger partial charge in [-0.25, -0.2) is 5.09 Å². The van der Waals surface area contributed by atoms with Gasteiger partial charge in [-0.15, -0.1) is 0 Å². The molecule has 5 nitrogen and oxygen atoms in total. The highest BCUT2D eigenvalue weighted by atomic mass is 31.2. The first-order valence-corrected chi connectivity index (χ1v) is 9.19. The van der Waals surface area contributed by atoms with Gasteiger partial charge in [0.15, 0.2) is 0 Å². The van der Waals surface area contributed by atoms with Gasteiger partial charge in [-0.3, -0.25) is 9.36 Å². The standard InChI is InChI=1S/C16H20NO4P/c1-4-20-16(18)12(2)17-22(3,19)21-15-11-7-9-13-8-5-6-10-14(13)15/h5-12H,4H2,1-3H3,(H,17,19)/t12-,22?/m0/s1. The van der Waals surface area contributed by atoms with Crippen LogP contribution < -0.4 is 9.61 Å². The van der Waals surface area contributed by atoms with Crippen molar-refractivity contribution in [2.24, 2.45) is 0 Å². The molecule has 6 heteroatoms. The number of carbonyl (C=O) groups excluding carboxylic acids is 1. The number of hydrogen-bond donors (Lipinski definition) is 1. The van der Waals surface area contributed by atoms with Crippen molar-refractivity contribution >= 4 is 24.3 Å². The van der Waals surface area contributed by atoms with Gasteiger partial charge in [0, 0.05) is 12.1 Å². The van der Waals surface area contributed by atoms with E-state index in [1.807, 2.05) is 36.4 Å². The third-order valence-corrected chi connectivity index (χ3v) is 4.49. The summed E-state index contributed by atoms with van der Waals surface area (Å²) >= 11 is 0. The van der Waals surface area contributed by atoms with E-state index in [9.17, 15) is 9.36 Å². The summed E-state index contributed by atoms with van der Waals surface area (Å²) in [6.45, 7) is 5.05. The van der Waals surface area contributed by atoms with Gasteiger partial charge in [-0.05, 0) is 25.3 Å². The van der Waals surface area contributed by atoms with Gasteiger partial charge in [0.1, 0.15) is 11.8 Å². The van der Waals surface area contributed by atoms with Crippen LogP contribution in [0.15, 0.2) is 42.5 Å². The highest BCUT2D eigenvalue weighted by Gasteiger charge is 2.25. The van der Waals surface area contributed by atoms with E-state index in [2.05, 4.69) is 5.09 Å². The van der Waals surface area contributed by atoms with Crippen molar-refractivity contribution in [3.8, 4) is 5.75 Å². The molecule has 0 aliphatic carbocycles. The number of ether oxygens (including phenoxy) is 1. The maximum atomic E-state index is 12.6. The lowest BCUT2D eigenvalue weighted by Crippen LogP contribution is -2.34. The molecule has 1 N–H and O–H groups in total. The number of carbonyl (C=O) groups is 1. The summed E-state index contributed by atoms with van der Waals surface area (Å²) in [6, 6.07) is 12.5. The third-order valence-electron chi connectivity index (χ3n) is 3.09. The van der Waals surface area contributed by atoms with Gasteiger partial charge in [0.25, 0.3) is 0 Å². The topological polar surface area (TPSA) is 64.6 Å². The molecule has 0 aromatic heterocycles. The molecule has 2 aromatic rings. The number of hydrogen-bond acceptors (Lipinski definition) is 4. The summed E-state index contributed by atoms with van der Waals surface area (Å²) in [5.41, 5.74) is 0. The summed E-state index contributed by atoms with van der Waals surface area (Å²) in [5, 5.41) is 4.58. The van der Waals surface area contributed by atoms with Crippen LogP contribution in [0.1, 0.15) is 13.8 Å². The Morgan fingerprint density at radius 2 is 1.91 bits per heavy atom. The van der Waals surface area contributed by atoms with Crippen LogP contribution >= 0.6 is 7.52 Å². The van der Waals surface area contributed by atoms with Crippen LogP contribution in [0.5, 0.6) is 5.75 Å². The summed E-state index contributed by atoms with van der Waals surface area (Å²) in [6.07, 6.45) is 0. The summed E-state index contributed by atoms with van der Waals surface area (Å²) in [4.78, 5) is 11.6. The van der Waals surface area contributed by atoms with Gasteiger partial charge >= 0.3 is 13.5 Å². The van der Waals surface area contributed by atoms with Gasteiger partial charge < -0.3 is 9.26 Å². The molecule has 118 valence electrons. The monoisotopic (exact) mass is 321 g/mol. The number of esters is 1. The predicted octanol–water partition coefficient (Wildman–Crippen LogP) is 3.58. The predicted molar refractivity (Wildman–Crippen MR) is 87.3 cm³/mol. The quantitative estimate of drug-likeness (QED) is 0.651. The van der Waals surface area contributed by atoms with Crippen LogP contribution in [-0.2, 0) is 14.1 Å². The van der Waals surface area contributed by atoms with E-state index < -0.39 is 19.5 Å². The molecule has 2 atom stereocenters. The van der Waals surface area contributed by atoms with Crippen molar-refractivity contribution in [1.29, 1.82) is 0 Å². The maximum Gasteiger partial charge on any atom is 0.323 e. The minimum absolute atomic E-state index is 0.281. The van der Waals surface area contributed by atoms with Crippen LogP contribution in [0.3, 0.4) is 0 Å². The first kappa shape index (κ1) is 16.5. The molecule has 2 rings (SSSR count). The van der Waals surface area contributed by atoms with Crippen molar-refractivity contribution in [3.05, 3.63) is 42.5 Å². The van der Waals surface area contributed by atoms with Gasteiger partial charge in [-0.1, -0.05) is 36.4 Å². The van der Waals surface area contributed by atoms with Gasteiger partial charge in [0.05, 0.1) is 6.61 Å². The molecule has 0 radical (unpaired) electrons. The van der Waals surface area contributed by atoms with Crippen LogP contribution in [0.25, 0.3) is 10.8 Å². The fraction of sp³-hybridized carbons (Fsp3) is 0.312. The summed E-state index contributed by atoms with van der Waals surface area (Å²) in [7, 11) is -3.20. The highest BCUT2D eigenvalue weighted by molar-refractivity contribution is 7.56. The lowest BCUT2D eigenvalue weighted by molar-refractivity contribution is -0.144. The van der Waals surface area contributed by atoms with E-state index in [4.69, 9.17) is 9.26 Å². The average molecular weight is 321 g/mol. The molecule has 2 aromatic carbocycles. The minimum atomic E-state index is -3.20. The Balaban J connectivity index is 2.17. The zero-order valence-corrected chi connectivity index (χ0v) is 13.8. The number of rotatable bonds is 6. The maximum absolute atomic E-state index is 12.6. The first-order chi connectivity index (χ1) is 10.4. The smallest absolute Gasteiger partial charge is 0.323 e. The molecule has 22 heavy (non-hydrogen) atoms. The molecular formula is C16H20NO4P. The molecule has 0 fully saturated rings. The second-order valence-electron chi connectivity index (χ2n) is 5.02. The van der Waals surface area contributed by atoms with Crippen LogP contribution in [0.4, 0.5) is 0 Å². The van der Waals surface area contributed by atoms with Gasteiger partial charge in [0.2, 0.25) is 0 Å². The lowest BCUT2D eigenvalue weighted by atomic mass is 10.1. The van der Waals surface area contributed by atoms with E-state index in [0.717, 1.165) is 10.8 Å². The third kappa shape index (κ3) is 4.09. The van der Waals surface area contributed by atoms with Crippen LogP contribution in [-0.4, -0.2) is 25.3 Å². The summed E-state index contributed by atoms with van der Waals surface area (Å²) < 4.78 is 23.1. The minimum Gasteiger partial charge on any atom is -0.465 e. The Morgan fingerprint density at radius 1 is 1.23 bits per heavy atom. The zero-order valence-electron chi connectivity index (χ0n) is 12.9. The Hall–Kier alpha value is -1.84. The molecule has 0 aliphatic rings. The number of fused-ring (bicyclic) bond motifs is 1. The fourth-order valence-electron chi connectivity index (χ4n) is 2.16. The van der Waals surface area contributed by atoms with Crippen molar-refractivity contribution in [1.82, 2.24) is 5.09 Å². The average Bonchev–Trinajstić information content (AvgIpc) is 2.47. The van der Waals surface area contributed by atoms with Gasteiger partial charge in [-0.2, -0.15) is 0 Å². The molecule has 0 heterocycles.